The third-order valence-corrected chi connectivity index (χ3v) is 2.24. The molecule has 0 aromatic heterocycles. The zero-order valence-electron chi connectivity index (χ0n) is 9.94. The van der Waals surface area contributed by atoms with E-state index in [0.717, 1.165) is 32.2 Å². The molecule has 2 nitrogen and oxygen atoms in total. The molecule has 0 saturated heterocycles. The fourth-order valence-electron chi connectivity index (χ4n) is 1.37. The van der Waals surface area contributed by atoms with Crippen LogP contribution in [-0.4, -0.2) is 18.4 Å². The number of Topliss-reactive ketones (excluding diaryl/α,β-unsaturated/α-hetero) is 1. The first kappa shape index (κ1) is 13.6. The Kier molecular flexibility index (Phi) is 8.95. The standard InChI is InChI=1S/C12H25NO/c1-4-5-6-8-12(14)9-7-10-13-11(2)3/h11,13H,4-10H2,1-3H3. The largest absolute Gasteiger partial charge is 0.315 e. The van der Waals surface area contributed by atoms with E-state index in [1.165, 1.54) is 12.8 Å². The molecule has 84 valence electrons. The van der Waals surface area contributed by atoms with Crippen molar-refractivity contribution < 1.29 is 4.79 Å². The average Bonchev–Trinajstić information content (AvgIpc) is 2.13. The summed E-state index contributed by atoms with van der Waals surface area (Å²) in [4.78, 5) is 11.3. The fraction of sp³-hybridized carbons (Fsp3) is 0.917. The maximum atomic E-state index is 11.3. The number of carbonyl (C=O) groups excluding carboxylic acids is 1. The molecule has 0 bridgehead atoms. The Morgan fingerprint density at radius 1 is 1.14 bits per heavy atom. The van der Waals surface area contributed by atoms with Crippen molar-refractivity contribution in [2.45, 2.75) is 65.3 Å². The minimum Gasteiger partial charge on any atom is -0.315 e. The predicted molar refractivity (Wildman–Crippen MR) is 61.5 cm³/mol. The second-order valence-electron chi connectivity index (χ2n) is 4.21. The third kappa shape index (κ3) is 9.72. The monoisotopic (exact) mass is 199 g/mol. The lowest BCUT2D eigenvalue weighted by Gasteiger charge is -2.06. The molecule has 0 amide bonds. The van der Waals surface area contributed by atoms with E-state index in [1.54, 1.807) is 0 Å². The summed E-state index contributed by atoms with van der Waals surface area (Å²) in [5, 5.41) is 3.32. The van der Waals surface area contributed by atoms with Crippen LogP contribution in [0.15, 0.2) is 0 Å². The number of unbranched alkanes of at least 4 members (excludes halogenated alkanes) is 2. The summed E-state index contributed by atoms with van der Waals surface area (Å²) in [6.07, 6.45) is 5.99. The molecule has 0 heterocycles. The molecule has 2 heteroatoms. The first-order valence-electron chi connectivity index (χ1n) is 5.92. The van der Waals surface area contributed by atoms with Crippen molar-refractivity contribution in [2.24, 2.45) is 0 Å². The molecular formula is C12H25NO. The molecule has 0 aromatic carbocycles. The Morgan fingerprint density at radius 3 is 2.36 bits per heavy atom. The molecule has 0 radical (unpaired) electrons. The minimum absolute atomic E-state index is 0.434. The molecule has 14 heavy (non-hydrogen) atoms. The molecule has 0 fully saturated rings. The van der Waals surface area contributed by atoms with Crippen LogP contribution in [0.1, 0.15) is 59.3 Å². The van der Waals surface area contributed by atoms with Crippen molar-refractivity contribution in [3.05, 3.63) is 0 Å². The van der Waals surface area contributed by atoms with E-state index in [1.807, 2.05) is 0 Å². The highest BCUT2D eigenvalue weighted by molar-refractivity contribution is 5.78. The lowest BCUT2D eigenvalue weighted by Crippen LogP contribution is -2.24. The van der Waals surface area contributed by atoms with Gasteiger partial charge in [0.1, 0.15) is 5.78 Å². The molecule has 0 atom stereocenters. The van der Waals surface area contributed by atoms with E-state index in [-0.39, 0.29) is 0 Å². The first-order chi connectivity index (χ1) is 6.66. The van der Waals surface area contributed by atoms with Gasteiger partial charge in [0, 0.05) is 18.9 Å². The quantitative estimate of drug-likeness (QED) is 0.578. The van der Waals surface area contributed by atoms with Gasteiger partial charge in [-0.15, -0.1) is 0 Å². The SMILES string of the molecule is CCCCCC(=O)CCCNC(C)C. The molecular weight excluding hydrogens is 174 g/mol. The summed E-state index contributed by atoms with van der Waals surface area (Å²) < 4.78 is 0. The van der Waals surface area contributed by atoms with E-state index < -0.39 is 0 Å². The molecule has 0 rings (SSSR count). The van der Waals surface area contributed by atoms with Gasteiger partial charge in [-0.2, -0.15) is 0 Å². The number of hydrogen-bond acceptors (Lipinski definition) is 2. The summed E-state index contributed by atoms with van der Waals surface area (Å²) in [5.41, 5.74) is 0. The zero-order chi connectivity index (χ0) is 10.8. The number of ketones is 1. The van der Waals surface area contributed by atoms with Crippen LogP contribution < -0.4 is 5.32 Å². The van der Waals surface area contributed by atoms with Gasteiger partial charge in [0.25, 0.3) is 0 Å². The van der Waals surface area contributed by atoms with Gasteiger partial charge in [-0.1, -0.05) is 33.6 Å². The van der Waals surface area contributed by atoms with E-state index in [2.05, 4.69) is 26.1 Å². The minimum atomic E-state index is 0.434. The molecule has 0 aliphatic rings. The van der Waals surface area contributed by atoms with Crippen LogP contribution in [0, 0.1) is 0 Å². The summed E-state index contributed by atoms with van der Waals surface area (Å²) >= 11 is 0. The smallest absolute Gasteiger partial charge is 0.132 e. The van der Waals surface area contributed by atoms with Gasteiger partial charge in [0.05, 0.1) is 0 Å². The number of nitrogens with one attached hydrogen (secondary N) is 1. The van der Waals surface area contributed by atoms with Gasteiger partial charge in [0.15, 0.2) is 0 Å². The fourth-order valence-corrected chi connectivity index (χ4v) is 1.37. The van der Waals surface area contributed by atoms with E-state index in [4.69, 9.17) is 0 Å². The number of hydrogen-bond donors (Lipinski definition) is 1. The van der Waals surface area contributed by atoms with Crippen molar-refractivity contribution in [1.29, 1.82) is 0 Å². The maximum Gasteiger partial charge on any atom is 0.132 e. The highest BCUT2D eigenvalue weighted by atomic mass is 16.1. The number of rotatable bonds is 9. The van der Waals surface area contributed by atoms with Crippen molar-refractivity contribution in [1.82, 2.24) is 5.32 Å². The highest BCUT2D eigenvalue weighted by Crippen LogP contribution is 2.03. The van der Waals surface area contributed by atoms with Crippen LogP contribution in [0.25, 0.3) is 0 Å². The Morgan fingerprint density at radius 2 is 1.79 bits per heavy atom. The maximum absolute atomic E-state index is 11.3. The van der Waals surface area contributed by atoms with E-state index in [0.29, 0.717) is 11.8 Å². The topological polar surface area (TPSA) is 29.1 Å². The van der Waals surface area contributed by atoms with Crippen molar-refractivity contribution in [2.75, 3.05) is 6.54 Å². The van der Waals surface area contributed by atoms with Crippen LogP contribution in [0.4, 0.5) is 0 Å². The normalized spacial score (nSPS) is 10.9. The van der Waals surface area contributed by atoms with Gasteiger partial charge in [-0.3, -0.25) is 4.79 Å². The summed E-state index contributed by atoms with van der Waals surface area (Å²) in [6.45, 7) is 7.39. The highest BCUT2D eigenvalue weighted by Gasteiger charge is 2.01. The zero-order valence-corrected chi connectivity index (χ0v) is 9.94. The predicted octanol–water partition coefficient (Wildman–Crippen LogP) is 2.91. The summed E-state index contributed by atoms with van der Waals surface area (Å²) in [7, 11) is 0. The van der Waals surface area contributed by atoms with Gasteiger partial charge < -0.3 is 5.32 Å². The Bertz CT molecular complexity index is 143. The first-order valence-corrected chi connectivity index (χ1v) is 5.92. The second-order valence-corrected chi connectivity index (χ2v) is 4.21. The van der Waals surface area contributed by atoms with Crippen molar-refractivity contribution >= 4 is 5.78 Å². The molecule has 0 aliphatic carbocycles. The van der Waals surface area contributed by atoms with Crippen molar-refractivity contribution in [3.8, 4) is 0 Å². The third-order valence-electron chi connectivity index (χ3n) is 2.24. The van der Waals surface area contributed by atoms with Crippen LogP contribution in [-0.2, 0) is 4.79 Å². The van der Waals surface area contributed by atoms with Crippen LogP contribution >= 0.6 is 0 Å². The van der Waals surface area contributed by atoms with E-state index in [9.17, 15) is 4.79 Å². The Balaban J connectivity index is 3.18. The van der Waals surface area contributed by atoms with Gasteiger partial charge in [-0.25, -0.2) is 0 Å². The molecule has 0 aromatic rings. The molecule has 0 unspecified atom stereocenters. The molecule has 1 N–H and O–H groups in total. The van der Waals surface area contributed by atoms with Crippen LogP contribution in [0.3, 0.4) is 0 Å². The summed E-state index contributed by atoms with van der Waals surface area (Å²) in [5.74, 6) is 0.434. The second kappa shape index (κ2) is 9.20. The molecule has 0 saturated carbocycles. The lowest BCUT2D eigenvalue weighted by molar-refractivity contribution is -0.119. The van der Waals surface area contributed by atoms with Gasteiger partial charge >= 0.3 is 0 Å². The van der Waals surface area contributed by atoms with Crippen LogP contribution in [0.5, 0.6) is 0 Å². The Labute approximate surface area is 88.5 Å². The van der Waals surface area contributed by atoms with E-state index >= 15 is 0 Å². The van der Waals surface area contributed by atoms with Crippen LogP contribution in [0.2, 0.25) is 0 Å². The lowest BCUT2D eigenvalue weighted by atomic mass is 10.1. The van der Waals surface area contributed by atoms with Crippen molar-refractivity contribution in [3.63, 3.8) is 0 Å². The Hall–Kier alpha value is -0.370. The summed E-state index contributed by atoms with van der Waals surface area (Å²) in [6, 6.07) is 0.533. The number of carbonyl (C=O) groups is 1. The molecule has 0 spiro atoms. The average molecular weight is 199 g/mol. The molecule has 0 aliphatic heterocycles. The van der Waals surface area contributed by atoms with Gasteiger partial charge in [-0.05, 0) is 19.4 Å². The van der Waals surface area contributed by atoms with Gasteiger partial charge in [0.2, 0.25) is 0 Å².